The van der Waals surface area contributed by atoms with E-state index in [4.69, 9.17) is 9.84 Å². The molecule has 4 atom stereocenters. The lowest BCUT2D eigenvalue weighted by atomic mass is 10.1. The zero-order valence-corrected chi connectivity index (χ0v) is 11.6. The average Bonchev–Trinajstić information content (AvgIpc) is 2.65. The number of amides is 3. The van der Waals surface area contributed by atoms with Crippen molar-refractivity contribution in [1.29, 1.82) is 0 Å². The van der Waals surface area contributed by atoms with Gasteiger partial charge in [0.25, 0.3) is 0 Å². The predicted molar refractivity (Wildman–Crippen MR) is 67.3 cm³/mol. The van der Waals surface area contributed by atoms with E-state index >= 15 is 0 Å². The van der Waals surface area contributed by atoms with Crippen LogP contribution in [-0.4, -0.2) is 45.4 Å². The van der Waals surface area contributed by atoms with Crippen LogP contribution in [0, 0.1) is 11.8 Å². The van der Waals surface area contributed by atoms with E-state index in [1.807, 2.05) is 0 Å². The Hall–Kier alpha value is -0.410. The van der Waals surface area contributed by atoms with Gasteiger partial charge >= 0.3 is 6.03 Å². The summed E-state index contributed by atoms with van der Waals surface area (Å²) in [5, 5.41) is 11.5. The van der Waals surface area contributed by atoms with Crippen LogP contribution in [-0.2, 0) is 9.53 Å². The molecule has 6 nitrogen and oxygen atoms in total. The van der Waals surface area contributed by atoms with E-state index in [1.54, 1.807) is 6.92 Å². The molecule has 0 aromatic heterocycles. The molecule has 3 amide bonds. The molecular formula is C10H15IN2O4. The molecule has 0 saturated carbocycles. The number of rotatable bonds is 2. The largest absolute Gasteiger partial charge is 0.396 e. The molecule has 0 spiro atoms. The van der Waals surface area contributed by atoms with E-state index in [2.05, 4.69) is 27.9 Å². The number of nitrogens with zero attached hydrogens (tertiary/aromatic N) is 1. The second kappa shape index (κ2) is 5.07. The summed E-state index contributed by atoms with van der Waals surface area (Å²) in [5.41, 5.74) is 0. The van der Waals surface area contributed by atoms with Gasteiger partial charge in [-0.05, 0) is 0 Å². The summed E-state index contributed by atoms with van der Waals surface area (Å²) in [6.07, 6.45) is 0.267. The molecule has 2 saturated heterocycles. The fourth-order valence-corrected chi connectivity index (χ4v) is 2.91. The number of aliphatic hydroxyl groups excluding tert-OH is 1. The predicted octanol–water partition coefficient (Wildman–Crippen LogP) is 0.290. The molecule has 0 bridgehead atoms. The van der Waals surface area contributed by atoms with Crippen LogP contribution >= 0.6 is 22.6 Å². The minimum absolute atomic E-state index is 0.0429. The Balaban J connectivity index is 2.03. The Morgan fingerprint density at radius 2 is 2.29 bits per heavy atom. The van der Waals surface area contributed by atoms with Gasteiger partial charge in [-0.1, -0.05) is 29.5 Å². The van der Waals surface area contributed by atoms with Crippen molar-refractivity contribution in [1.82, 2.24) is 10.2 Å². The number of halogens is 1. The van der Waals surface area contributed by atoms with Gasteiger partial charge in [0.1, 0.15) is 10.3 Å². The van der Waals surface area contributed by atoms with Gasteiger partial charge in [0.05, 0.1) is 5.92 Å². The van der Waals surface area contributed by atoms with Crippen molar-refractivity contribution in [3.05, 3.63) is 0 Å². The Kier molecular flexibility index (Phi) is 3.88. The standard InChI is InChI=1S/C10H15IN2O4/c1-5-3-13(10(16)12-9(5)15)7-2-6(4-14)8(11)17-7/h5-8,14H,2-4H2,1H3,(H,12,15,16)/t5?,6-,7+,8+/m1/s1. The van der Waals surface area contributed by atoms with Crippen molar-refractivity contribution in [3.63, 3.8) is 0 Å². The fraction of sp³-hybridized carbons (Fsp3) is 0.800. The lowest BCUT2D eigenvalue weighted by molar-refractivity contribution is -0.127. The highest BCUT2D eigenvalue weighted by molar-refractivity contribution is 14.1. The third-order valence-electron chi connectivity index (χ3n) is 3.15. The summed E-state index contributed by atoms with van der Waals surface area (Å²) in [6.45, 7) is 2.19. The zero-order valence-electron chi connectivity index (χ0n) is 9.43. The van der Waals surface area contributed by atoms with Crippen LogP contribution in [0.15, 0.2) is 0 Å². The second-order valence-corrected chi connectivity index (χ2v) is 5.70. The third-order valence-corrected chi connectivity index (χ3v) is 4.46. The van der Waals surface area contributed by atoms with E-state index in [9.17, 15) is 9.59 Å². The van der Waals surface area contributed by atoms with E-state index in [0.717, 1.165) is 0 Å². The topological polar surface area (TPSA) is 78.9 Å². The molecule has 2 aliphatic rings. The number of hydrogen-bond donors (Lipinski definition) is 2. The highest BCUT2D eigenvalue weighted by Crippen LogP contribution is 2.33. The maximum atomic E-state index is 11.7. The SMILES string of the molecule is CC1CN([C@@H]2C[C@H](CO)[C@@H](I)O2)C(=O)NC1=O. The molecule has 2 fully saturated rings. The number of nitrogens with one attached hydrogen (secondary N) is 1. The lowest BCUT2D eigenvalue weighted by Crippen LogP contribution is -2.57. The molecule has 7 heteroatoms. The van der Waals surface area contributed by atoms with Crippen molar-refractivity contribution < 1.29 is 19.4 Å². The van der Waals surface area contributed by atoms with Gasteiger partial charge in [0.15, 0.2) is 0 Å². The molecule has 96 valence electrons. The van der Waals surface area contributed by atoms with Crippen molar-refractivity contribution in [3.8, 4) is 0 Å². The van der Waals surface area contributed by atoms with Crippen LogP contribution < -0.4 is 5.32 Å². The summed E-state index contributed by atoms with van der Waals surface area (Å²) in [5.74, 6) is -0.424. The molecule has 2 aliphatic heterocycles. The van der Waals surface area contributed by atoms with Gasteiger partial charge in [0.2, 0.25) is 5.91 Å². The number of carbonyl (C=O) groups excluding carboxylic acids is 2. The number of ether oxygens (including phenoxy) is 1. The molecule has 2 heterocycles. The van der Waals surface area contributed by atoms with E-state index in [-0.39, 0.29) is 34.7 Å². The molecule has 0 aromatic rings. The highest BCUT2D eigenvalue weighted by atomic mass is 127. The third kappa shape index (κ3) is 2.55. The number of carbonyl (C=O) groups is 2. The number of urea groups is 1. The first-order chi connectivity index (χ1) is 8.02. The first-order valence-electron chi connectivity index (χ1n) is 5.54. The van der Waals surface area contributed by atoms with Crippen LogP contribution in [0.3, 0.4) is 0 Å². The number of imide groups is 1. The molecule has 17 heavy (non-hydrogen) atoms. The van der Waals surface area contributed by atoms with Crippen LogP contribution in [0.2, 0.25) is 0 Å². The summed E-state index contributed by atoms with van der Waals surface area (Å²) in [6, 6.07) is -0.403. The van der Waals surface area contributed by atoms with Gasteiger partial charge in [-0.25, -0.2) is 4.79 Å². The first kappa shape index (κ1) is 13.0. The van der Waals surface area contributed by atoms with Crippen molar-refractivity contribution in [2.75, 3.05) is 13.2 Å². The fourth-order valence-electron chi connectivity index (χ4n) is 2.05. The molecular weight excluding hydrogens is 339 g/mol. The van der Waals surface area contributed by atoms with Crippen molar-refractivity contribution >= 4 is 34.5 Å². The minimum Gasteiger partial charge on any atom is -0.396 e. The normalized spacial score (nSPS) is 38.4. The van der Waals surface area contributed by atoms with Crippen molar-refractivity contribution in [2.24, 2.45) is 11.8 Å². The van der Waals surface area contributed by atoms with Crippen LogP contribution in [0.4, 0.5) is 4.79 Å². The number of aliphatic hydroxyl groups is 1. The summed E-state index contributed by atoms with van der Waals surface area (Å²) >= 11 is 2.11. The van der Waals surface area contributed by atoms with Gasteiger partial charge in [-0.2, -0.15) is 0 Å². The Bertz CT molecular complexity index is 338. The Morgan fingerprint density at radius 1 is 1.59 bits per heavy atom. The minimum atomic E-state index is -0.403. The number of alkyl halides is 1. The summed E-state index contributed by atoms with van der Waals surface area (Å²) < 4.78 is 5.54. The maximum Gasteiger partial charge on any atom is 0.326 e. The molecule has 2 N–H and O–H groups in total. The van der Waals surface area contributed by atoms with E-state index < -0.39 is 6.03 Å². The highest BCUT2D eigenvalue weighted by Gasteiger charge is 2.41. The first-order valence-corrected chi connectivity index (χ1v) is 6.79. The maximum absolute atomic E-state index is 11.7. The van der Waals surface area contributed by atoms with Crippen LogP contribution in [0.1, 0.15) is 13.3 Å². The van der Waals surface area contributed by atoms with E-state index in [0.29, 0.717) is 13.0 Å². The number of hydrogen-bond acceptors (Lipinski definition) is 4. The smallest absolute Gasteiger partial charge is 0.326 e. The summed E-state index contributed by atoms with van der Waals surface area (Å²) in [7, 11) is 0. The molecule has 0 aromatic carbocycles. The van der Waals surface area contributed by atoms with E-state index in [1.165, 1.54) is 4.90 Å². The molecule has 2 rings (SSSR count). The zero-order chi connectivity index (χ0) is 12.6. The lowest BCUT2D eigenvalue weighted by Gasteiger charge is -2.34. The Morgan fingerprint density at radius 3 is 2.88 bits per heavy atom. The average molecular weight is 354 g/mol. The molecule has 0 radical (unpaired) electrons. The molecule has 0 aliphatic carbocycles. The monoisotopic (exact) mass is 354 g/mol. The second-order valence-electron chi connectivity index (χ2n) is 4.47. The van der Waals surface area contributed by atoms with Crippen molar-refractivity contribution in [2.45, 2.75) is 23.7 Å². The summed E-state index contributed by atoms with van der Waals surface area (Å²) in [4.78, 5) is 24.5. The Labute approximate surface area is 113 Å². The molecule has 1 unspecified atom stereocenters. The van der Waals surface area contributed by atoms with Gasteiger partial charge < -0.3 is 9.84 Å². The quantitative estimate of drug-likeness (QED) is 0.552. The van der Waals surface area contributed by atoms with Crippen LogP contribution in [0.25, 0.3) is 0 Å². The van der Waals surface area contributed by atoms with Crippen LogP contribution in [0.5, 0.6) is 0 Å². The van der Waals surface area contributed by atoms with Gasteiger partial charge in [0, 0.05) is 25.5 Å². The van der Waals surface area contributed by atoms with Gasteiger partial charge in [-0.15, -0.1) is 0 Å². The van der Waals surface area contributed by atoms with Gasteiger partial charge in [-0.3, -0.25) is 15.0 Å².